The number of hydrogen-bond donors (Lipinski definition) is 0. The van der Waals surface area contributed by atoms with Crippen LogP contribution in [0.15, 0.2) is 12.4 Å². The van der Waals surface area contributed by atoms with E-state index in [2.05, 4.69) is 41.6 Å². The molecule has 0 bridgehead atoms. The van der Waals surface area contributed by atoms with Crippen LogP contribution < -0.4 is 0 Å². The molecule has 1 aliphatic heterocycles. The minimum atomic E-state index is 0.0650. The molecule has 0 unspecified atom stereocenters. The number of piperidine rings is 1. The Morgan fingerprint density at radius 1 is 1.38 bits per heavy atom. The Bertz CT molecular complexity index is 508. The maximum atomic E-state index is 12.1. The van der Waals surface area contributed by atoms with Gasteiger partial charge in [0.1, 0.15) is 0 Å². The third-order valence-electron chi connectivity index (χ3n) is 4.91. The van der Waals surface area contributed by atoms with Crippen molar-refractivity contribution in [3.8, 4) is 0 Å². The fourth-order valence-corrected chi connectivity index (χ4v) is 3.26. The monoisotopic (exact) mass is 289 g/mol. The average Bonchev–Trinajstić information content (AvgIpc) is 3.18. The molecule has 0 radical (unpaired) electrons. The number of nitrogens with zero attached hydrogens (tertiary/aromatic N) is 3. The van der Waals surface area contributed by atoms with E-state index in [1.54, 1.807) is 0 Å². The summed E-state index contributed by atoms with van der Waals surface area (Å²) >= 11 is 0. The minimum absolute atomic E-state index is 0.0650. The van der Waals surface area contributed by atoms with Crippen molar-refractivity contribution in [2.24, 2.45) is 11.8 Å². The Kier molecular flexibility index (Phi) is 3.80. The van der Waals surface area contributed by atoms with Crippen LogP contribution in [0.1, 0.15) is 52.0 Å². The van der Waals surface area contributed by atoms with Gasteiger partial charge in [-0.15, -0.1) is 0 Å². The quantitative estimate of drug-likeness (QED) is 0.855. The molecule has 4 heteroatoms. The number of amides is 1. The normalized spacial score (nSPS) is 21.8. The van der Waals surface area contributed by atoms with E-state index in [0.717, 1.165) is 45.2 Å². The third kappa shape index (κ3) is 3.14. The third-order valence-corrected chi connectivity index (χ3v) is 4.91. The van der Waals surface area contributed by atoms with Gasteiger partial charge < -0.3 is 4.90 Å². The van der Waals surface area contributed by atoms with Gasteiger partial charge in [-0.05, 0) is 50.5 Å². The van der Waals surface area contributed by atoms with E-state index in [1.807, 2.05) is 6.20 Å². The van der Waals surface area contributed by atoms with Crippen LogP contribution in [0.2, 0.25) is 0 Å². The van der Waals surface area contributed by atoms with E-state index < -0.39 is 0 Å². The molecule has 1 aliphatic carbocycles. The molecular formula is C17H27N3O. The van der Waals surface area contributed by atoms with Crippen LogP contribution >= 0.6 is 0 Å². The molecule has 0 N–H and O–H groups in total. The van der Waals surface area contributed by atoms with Gasteiger partial charge >= 0.3 is 0 Å². The van der Waals surface area contributed by atoms with Gasteiger partial charge in [0.25, 0.3) is 0 Å². The lowest BCUT2D eigenvalue weighted by atomic mass is 9.89. The predicted molar refractivity (Wildman–Crippen MR) is 83.0 cm³/mol. The lowest BCUT2D eigenvalue weighted by Gasteiger charge is -2.39. The van der Waals surface area contributed by atoms with Crippen molar-refractivity contribution < 1.29 is 4.79 Å². The van der Waals surface area contributed by atoms with E-state index >= 15 is 0 Å². The zero-order valence-corrected chi connectivity index (χ0v) is 13.5. The lowest BCUT2D eigenvalue weighted by Crippen LogP contribution is -2.47. The molecule has 1 aromatic heterocycles. The summed E-state index contributed by atoms with van der Waals surface area (Å²) in [6.07, 6.45) is 9.52. The Labute approximate surface area is 127 Å². The summed E-state index contributed by atoms with van der Waals surface area (Å²) in [7, 11) is 0. The summed E-state index contributed by atoms with van der Waals surface area (Å²) in [5.41, 5.74) is 1.39. The summed E-state index contributed by atoms with van der Waals surface area (Å²) in [5.74, 6) is 1.39. The van der Waals surface area contributed by atoms with Crippen molar-refractivity contribution >= 4 is 5.91 Å². The molecule has 2 fully saturated rings. The number of hydrogen-bond acceptors (Lipinski definition) is 2. The summed E-state index contributed by atoms with van der Waals surface area (Å²) in [5, 5.41) is 4.60. The topological polar surface area (TPSA) is 38.1 Å². The fourth-order valence-electron chi connectivity index (χ4n) is 3.26. The minimum Gasteiger partial charge on any atom is -0.342 e. The highest BCUT2D eigenvalue weighted by Gasteiger charge is 2.38. The predicted octanol–water partition coefficient (Wildman–Crippen LogP) is 2.83. The zero-order valence-electron chi connectivity index (χ0n) is 13.5. The average molecular weight is 289 g/mol. The van der Waals surface area contributed by atoms with Crippen molar-refractivity contribution in [1.29, 1.82) is 0 Å². The SMILES string of the molecule is CC(C)Cc1cnn(C2(C)CCN(C(=O)C3CC3)CC2)c1. The van der Waals surface area contributed by atoms with Crippen LogP contribution in [0.3, 0.4) is 0 Å². The number of carbonyl (C=O) groups excluding carboxylic acids is 1. The molecule has 1 amide bonds. The second-order valence-electron chi connectivity index (χ2n) is 7.49. The van der Waals surface area contributed by atoms with Crippen molar-refractivity contribution in [2.75, 3.05) is 13.1 Å². The molecule has 4 nitrogen and oxygen atoms in total. The molecule has 0 atom stereocenters. The van der Waals surface area contributed by atoms with Crippen molar-refractivity contribution in [3.63, 3.8) is 0 Å². The fraction of sp³-hybridized carbons (Fsp3) is 0.765. The Morgan fingerprint density at radius 2 is 2.05 bits per heavy atom. The first kappa shape index (κ1) is 14.6. The van der Waals surface area contributed by atoms with Gasteiger partial charge in [-0.2, -0.15) is 5.10 Å². The van der Waals surface area contributed by atoms with Crippen molar-refractivity contribution in [2.45, 2.75) is 58.4 Å². The van der Waals surface area contributed by atoms with E-state index in [1.165, 1.54) is 5.56 Å². The van der Waals surface area contributed by atoms with Gasteiger partial charge in [0, 0.05) is 25.2 Å². The molecule has 1 saturated carbocycles. The van der Waals surface area contributed by atoms with Crippen LogP contribution in [0.25, 0.3) is 0 Å². The van der Waals surface area contributed by atoms with E-state index in [4.69, 9.17) is 0 Å². The molecule has 21 heavy (non-hydrogen) atoms. The molecule has 0 spiro atoms. The van der Waals surface area contributed by atoms with Gasteiger partial charge in [0.15, 0.2) is 0 Å². The highest BCUT2D eigenvalue weighted by Crippen LogP contribution is 2.35. The van der Waals surface area contributed by atoms with Gasteiger partial charge in [-0.1, -0.05) is 13.8 Å². The first-order valence-corrected chi connectivity index (χ1v) is 8.31. The van der Waals surface area contributed by atoms with Gasteiger partial charge in [0.2, 0.25) is 5.91 Å². The standard InChI is InChI=1S/C17H27N3O/c1-13(2)10-14-11-18-20(12-14)17(3)6-8-19(9-7-17)16(21)15-4-5-15/h11-13,15H,4-10H2,1-3H3. The van der Waals surface area contributed by atoms with Crippen molar-refractivity contribution in [1.82, 2.24) is 14.7 Å². The first-order valence-electron chi connectivity index (χ1n) is 8.31. The molecule has 0 aromatic carbocycles. The van der Waals surface area contributed by atoms with Crippen molar-refractivity contribution in [3.05, 3.63) is 18.0 Å². The summed E-state index contributed by atoms with van der Waals surface area (Å²) in [6, 6.07) is 0. The van der Waals surface area contributed by atoms with Crippen LogP contribution in [-0.2, 0) is 16.8 Å². The summed E-state index contributed by atoms with van der Waals surface area (Å²) < 4.78 is 2.14. The highest BCUT2D eigenvalue weighted by molar-refractivity contribution is 5.81. The molecule has 116 valence electrons. The number of aromatic nitrogens is 2. The summed E-state index contributed by atoms with van der Waals surface area (Å²) in [4.78, 5) is 14.2. The maximum Gasteiger partial charge on any atom is 0.225 e. The number of likely N-dealkylation sites (tertiary alicyclic amines) is 1. The zero-order chi connectivity index (χ0) is 15.0. The van der Waals surface area contributed by atoms with Crippen LogP contribution in [0, 0.1) is 11.8 Å². The Balaban J connectivity index is 1.63. The molecule has 1 aromatic rings. The lowest BCUT2D eigenvalue weighted by molar-refractivity contribution is -0.134. The molecule has 1 saturated heterocycles. The van der Waals surface area contributed by atoms with Gasteiger partial charge in [-0.3, -0.25) is 9.48 Å². The second-order valence-corrected chi connectivity index (χ2v) is 7.49. The largest absolute Gasteiger partial charge is 0.342 e. The van der Waals surface area contributed by atoms with E-state index in [9.17, 15) is 4.79 Å². The van der Waals surface area contributed by atoms with Crippen LogP contribution in [0.5, 0.6) is 0 Å². The Hall–Kier alpha value is -1.32. The smallest absolute Gasteiger partial charge is 0.225 e. The van der Waals surface area contributed by atoms with Crippen LogP contribution in [0.4, 0.5) is 0 Å². The molecule has 2 aliphatic rings. The number of rotatable bonds is 4. The molecular weight excluding hydrogens is 262 g/mol. The number of carbonyl (C=O) groups is 1. The molecule has 3 rings (SSSR count). The maximum absolute atomic E-state index is 12.1. The van der Waals surface area contributed by atoms with E-state index in [0.29, 0.717) is 17.7 Å². The molecule has 2 heterocycles. The Morgan fingerprint density at radius 3 is 2.62 bits per heavy atom. The first-order chi connectivity index (χ1) is 9.98. The highest BCUT2D eigenvalue weighted by atomic mass is 16.2. The second kappa shape index (κ2) is 5.47. The van der Waals surface area contributed by atoms with Gasteiger partial charge in [-0.25, -0.2) is 0 Å². The summed E-state index contributed by atoms with van der Waals surface area (Å²) in [6.45, 7) is 8.51. The van der Waals surface area contributed by atoms with Crippen LogP contribution in [-0.4, -0.2) is 33.7 Å². The van der Waals surface area contributed by atoms with Gasteiger partial charge in [0.05, 0.1) is 11.7 Å². The van der Waals surface area contributed by atoms with E-state index in [-0.39, 0.29) is 5.54 Å².